The van der Waals surface area contributed by atoms with Crippen molar-refractivity contribution in [3.8, 4) is 11.5 Å². The molecule has 0 bridgehead atoms. The number of ether oxygens (including phenoxy) is 2. The van der Waals surface area contributed by atoms with Crippen LogP contribution in [0.5, 0.6) is 11.5 Å². The van der Waals surface area contributed by atoms with Gasteiger partial charge in [0.1, 0.15) is 17.4 Å². The first kappa shape index (κ1) is 18.1. The highest BCUT2D eigenvalue weighted by atomic mass is 35.5. The molecule has 1 saturated heterocycles. The van der Waals surface area contributed by atoms with Crippen molar-refractivity contribution in [1.82, 2.24) is 0 Å². The number of carbonyl (C=O) groups is 2. The molecule has 0 radical (unpaired) electrons. The van der Waals surface area contributed by atoms with E-state index in [9.17, 15) is 9.59 Å². The van der Waals surface area contributed by atoms with Gasteiger partial charge in [-0.15, -0.1) is 0 Å². The van der Waals surface area contributed by atoms with Crippen molar-refractivity contribution < 1.29 is 19.1 Å². The van der Waals surface area contributed by atoms with Crippen LogP contribution in [0.15, 0.2) is 42.5 Å². The second-order valence-corrected chi connectivity index (χ2v) is 6.34. The third kappa shape index (κ3) is 3.75. The normalized spacial score (nSPS) is 16.5. The van der Waals surface area contributed by atoms with Crippen LogP contribution in [0.4, 0.5) is 11.4 Å². The zero-order chi connectivity index (χ0) is 18.7. The molecule has 1 N–H and O–H groups in total. The van der Waals surface area contributed by atoms with Crippen LogP contribution in [0.1, 0.15) is 6.42 Å². The molecule has 3 rings (SSSR count). The van der Waals surface area contributed by atoms with Crippen LogP contribution in [0.25, 0.3) is 0 Å². The van der Waals surface area contributed by atoms with E-state index in [2.05, 4.69) is 5.32 Å². The molecule has 0 aromatic heterocycles. The van der Waals surface area contributed by atoms with E-state index in [1.807, 2.05) is 0 Å². The monoisotopic (exact) mass is 374 g/mol. The van der Waals surface area contributed by atoms with Gasteiger partial charge in [0, 0.05) is 35.5 Å². The van der Waals surface area contributed by atoms with Crippen molar-refractivity contribution in [1.29, 1.82) is 0 Å². The summed E-state index contributed by atoms with van der Waals surface area (Å²) in [5.41, 5.74) is 1.21. The molecule has 1 fully saturated rings. The number of anilines is 2. The summed E-state index contributed by atoms with van der Waals surface area (Å²) in [5.74, 6) is -0.168. The van der Waals surface area contributed by atoms with Gasteiger partial charge in [-0.3, -0.25) is 9.59 Å². The highest BCUT2D eigenvalue weighted by molar-refractivity contribution is 6.31. The highest BCUT2D eigenvalue weighted by Crippen LogP contribution is 2.32. The number of rotatable bonds is 5. The highest BCUT2D eigenvalue weighted by Gasteiger charge is 2.38. The van der Waals surface area contributed by atoms with Gasteiger partial charge in [0.05, 0.1) is 19.9 Å². The van der Waals surface area contributed by atoms with Crippen LogP contribution in [0, 0.1) is 5.92 Å². The summed E-state index contributed by atoms with van der Waals surface area (Å²) in [4.78, 5) is 26.8. The van der Waals surface area contributed by atoms with Crippen LogP contribution < -0.4 is 19.7 Å². The Labute approximate surface area is 156 Å². The topological polar surface area (TPSA) is 67.9 Å². The van der Waals surface area contributed by atoms with Crippen LogP contribution in [0.3, 0.4) is 0 Å². The van der Waals surface area contributed by atoms with E-state index in [-0.39, 0.29) is 11.8 Å². The van der Waals surface area contributed by atoms with Crippen molar-refractivity contribution in [2.45, 2.75) is 6.42 Å². The van der Waals surface area contributed by atoms with Gasteiger partial charge in [-0.25, -0.2) is 0 Å². The Morgan fingerprint density at radius 1 is 1.15 bits per heavy atom. The van der Waals surface area contributed by atoms with Crippen LogP contribution in [-0.4, -0.2) is 32.6 Å². The van der Waals surface area contributed by atoms with E-state index in [4.69, 9.17) is 21.1 Å². The van der Waals surface area contributed by atoms with Gasteiger partial charge < -0.3 is 19.7 Å². The fourth-order valence-electron chi connectivity index (χ4n) is 2.92. The number of nitrogens with one attached hydrogen (secondary N) is 1. The molecular weight excluding hydrogens is 356 g/mol. The molecule has 7 heteroatoms. The molecule has 0 saturated carbocycles. The lowest BCUT2D eigenvalue weighted by Crippen LogP contribution is -2.33. The predicted octanol–water partition coefficient (Wildman–Crippen LogP) is 3.35. The number of nitrogens with zero attached hydrogens (tertiary/aromatic N) is 1. The number of halogens is 1. The fourth-order valence-corrected chi connectivity index (χ4v) is 3.11. The van der Waals surface area contributed by atoms with Crippen molar-refractivity contribution in [3.05, 3.63) is 47.5 Å². The smallest absolute Gasteiger partial charge is 0.239 e. The van der Waals surface area contributed by atoms with Crippen LogP contribution in [-0.2, 0) is 9.59 Å². The lowest BCUT2D eigenvalue weighted by molar-refractivity contribution is -0.129. The summed E-state index contributed by atoms with van der Waals surface area (Å²) < 4.78 is 10.5. The standard InChI is InChI=1S/C19H19ClN2O4/c1-25-15-9-14(10-16(11-15)26-2)22-7-6-17(19(22)24)18(23)21-13-5-3-4-12(20)8-13/h3-5,8-11,17H,6-7H2,1-2H3,(H,21,23). The number of carbonyl (C=O) groups excluding carboxylic acids is 2. The Balaban J connectivity index is 1.76. The minimum absolute atomic E-state index is 0.250. The SMILES string of the molecule is COc1cc(OC)cc(N2CCC(C(=O)Nc3cccc(Cl)c3)C2=O)c1. The number of amides is 2. The zero-order valence-corrected chi connectivity index (χ0v) is 15.2. The molecule has 1 unspecified atom stereocenters. The maximum Gasteiger partial charge on any atom is 0.239 e. The third-order valence-electron chi connectivity index (χ3n) is 4.26. The third-order valence-corrected chi connectivity index (χ3v) is 4.50. The van der Waals surface area contributed by atoms with E-state index in [0.29, 0.717) is 40.9 Å². The predicted molar refractivity (Wildman–Crippen MR) is 100 cm³/mol. The lowest BCUT2D eigenvalue weighted by Gasteiger charge is -2.18. The summed E-state index contributed by atoms with van der Waals surface area (Å²) in [5, 5.41) is 3.27. The molecule has 1 aliphatic heterocycles. The van der Waals surface area contributed by atoms with Gasteiger partial charge in [0.2, 0.25) is 11.8 Å². The first-order valence-corrected chi connectivity index (χ1v) is 8.50. The van der Waals surface area contributed by atoms with Crippen molar-refractivity contribution in [3.63, 3.8) is 0 Å². The lowest BCUT2D eigenvalue weighted by atomic mass is 10.1. The van der Waals surface area contributed by atoms with E-state index < -0.39 is 5.92 Å². The van der Waals surface area contributed by atoms with Gasteiger partial charge in [-0.1, -0.05) is 17.7 Å². The molecule has 2 aromatic carbocycles. The maximum absolute atomic E-state index is 12.8. The second-order valence-electron chi connectivity index (χ2n) is 5.90. The zero-order valence-electron chi connectivity index (χ0n) is 14.5. The summed E-state index contributed by atoms with van der Waals surface area (Å²) in [6.07, 6.45) is 0.435. The Hall–Kier alpha value is -2.73. The molecule has 0 aliphatic carbocycles. The first-order chi connectivity index (χ1) is 12.5. The van der Waals surface area contributed by atoms with Crippen molar-refractivity contribution in [2.24, 2.45) is 5.92 Å². The summed E-state index contributed by atoms with van der Waals surface area (Å²) in [6, 6.07) is 12.1. The van der Waals surface area contributed by atoms with Gasteiger partial charge >= 0.3 is 0 Å². The Bertz CT molecular complexity index is 818. The van der Waals surface area contributed by atoms with E-state index in [1.54, 1.807) is 61.6 Å². The van der Waals surface area contributed by atoms with Gasteiger partial charge in [-0.2, -0.15) is 0 Å². The molecule has 26 heavy (non-hydrogen) atoms. The number of hydrogen-bond acceptors (Lipinski definition) is 4. The molecule has 136 valence electrons. The minimum atomic E-state index is -0.744. The molecular formula is C19H19ClN2O4. The summed E-state index contributed by atoms with van der Waals surface area (Å²) >= 11 is 5.93. The molecule has 1 aliphatic rings. The minimum Gasteiger partial charge on any atom is -0.497 e. The Morgan fingerprint density at radius 3 is 2.46 bits per heavy atom. The number of benzene rings is 2. The molecule has 2 aromatic rings. The van der Waals surface area contributed by atoms with Gasteiger partial charge in [0.15, 0.2) is 0 Å². The molecule has 6 nitrogen and oxygen atoms in total. The van der Waals surface area contributed by atoms with Crippen LogP contribution >= 0.6 is 11.6 Å². The Morgan fingerprint density at radius 2 is 1.85 bits per heavy atom. The quantitative estimate of drug-likeness (QED) is 0.815. The van der Waals surface area contributed by atoms with Crippen LogP contribution in [0.2, 0.25) is 5.02 Å². The molecule has 0 spiro atoms. The molecule has 2 amide bonds. The van der Waals surface area contributed by atoms with E-state index in [0.717, 1.165) is 0 Å². The second kappa shape index (κ2) is 7.66. The fraction of sp³-hybridized carbons (Fsp3) is 0.263. The largest absolute Gasteiger partial charge is 0.497 e. The van der Waals surface area contributed by atoms with Gasteiger partial charge in [0.25, 0.3) is 0 Å². The van der Waals surface area contributed by atoms with Gasteiger partial charge in [-0.05, 0) is 24.6 Å². The maximum atomic E-state index is 12.8. The number of methoxy groups -OCH3 is 2. The molecule has 1 heterocycles. The summed E-state index contributed by atoms with van der Waals surface area (Å²) in [7, 11) is 3.09. The van der Waals surface area contributed by atoms with E-state index in [1.165, 1.54) is 0 Å². The van der Waals surface area contributed by atoms with Crippen molar-refractivity contribution in [2.75, 3.05) is 31.0 Å². The Kier molecular flexibility index (Phi) is 5.32. The molecule has 1 atom stereocenters. The van der Waals surface area contributed by atoms with E-state index >= 15 is 0 Å². The van der Waals surface area contributed by atoms with Crippen molar-refractivity contribution >= 4 is 34.8 Å². The first-order valence-electron chi connectivity index (χ1n) is 8.12. The average molecular weight is 375 g/mol. The number of hydrogen-bond donors (Lipinski definition) is 1. The summed E-state index contributed by atoms with van der Waals surface area (Å²) in [6.45, 7) is 0.447. The average Bonchev–Trinajstić information content (AvgIpc) is 3.02.